The van der Waals surface area contributed by atoms with Crippen LogP contribution in [-0.4, -0.2) is 45.4 Å². The molecule has 0 bridgehead atoms. The number of aryl methyl sites for hydroxylation is 2. The van der Waals surface area contributed by atoms with Gasteiger partial charge in [-0.05, 0) is 37.5 Å². The number of ether oxygens (including phenoxy) is 1. The van der Waals surface area contributed by atoms with Crippen molar-refractivity contribution < 1.29 is 9.84 Å². The molecule has 0 atom stereocenters. The summed E-state index contributed by atoms with van der Waals surface area (Å²) in [7, 11) is 1.71. The van der Waals surface area contributed by atoms with E-state index in [4.69, 9.17) is 4.74 Å². The van der Waals surface area contributed by atoms with Gasteiger partial charge in [-0.15, -0.1) is 0 Å². The Morgan fingerprint density at radius 2 is 1.87 bits per heavy atom. The Balaban J connectivity index is 1.50. The van der Waals surface area contributed by atoms with Gasteiger partial charge in [0.15, 0.2) is 0 Å². The quantitative estimate of drug-likeness (QED) is 0.661. The Morgan fingerprint density at radius 3 is 2.58 bits per heavy atom. The number of hydrogen-bond donors (Lipinski definition) is 1. The van der Waals surface area contributed by atoms with E-state index >= 15 is 0 Å². The van der Waals surface area contributed by atoms with Crippen LogP contribution in [-0.2, 0) is 19.5 Å². The average Bonchev–Trinajstić information content (AvgIpc) is 2.77. The molecule has 0 radical (unpaired) electrons. The van der Waals surface area contributed by atoms with Gasteiger partial charge in [0.1, 0.15) is 11.6 Å². The molecular weight excluding hydrogens is 390 g/mol. The average molecular weight is 422 g/mol. The molecule has 6 heteroatoms. The molecule has 0 spiro atoms. The zero-order valence-corrected chi connectivity index (χ0v) is 18.6. The Morgan fingerprint density at radius 1 is 1.13 bits per heavy atom. The van der Waals surface area contributed by atoms with Crippen LogP contribution >= 0.6 is 0 Å². The monoisotopic (exact) mass is 421 g/mol. The number of rotatable bonds is 6. The first-order valence-corrected chi connectivity index (χ1v) is 11.0. The van der Waals surface area contributed by atoms with Crippen molar-refractivity contribution in [1.82, 2.24) is 14.5 Å². The second kappa shape index (κ2) is 8.81. The largest absolute Gasteiger partial charge is 0.496 e. The highest BCUT2D eigenvalue weighted by molar-refractivity contribution is 5.77. The zero-order chi connectivity index (χ0) is 22.0. The highest BCUT2D eigenvalue weighted by atomic mass is 16.5. The third-order valence-corrected chi connectivity index (χ3v) is 6.39. The number of nitrogens with zero attached hydrogens (tertiary/aromatic N) is 3. The molecule has 3 aromatic rings. The van der Waals surface area contributed by atoms with Crippen LogP contribution in [0, 0.1) is 6.92 Å². The minimum absolute atomic E-state index is 0.0669. The minimum atomic E-state index is -0.912. The van der Waals surface area contributed by atoms with Crippen LogP contribution in [0.2, 0.25) is 0 Å². The molecule has 1 fully saturated rings. The number of likely N-dealkylation sites (tertiary alicyclic amines) is 1. The number of hydrogen-bond acceptors (Lipinski definition) is 5. The van der Waals surface area contributed by atoms with E-state index in [9.17, 15) is 9.90 Å². The third-order valence-electron chi connectivity index (χ3n) is 6.39. The van der Waals surface area contributed by atoms with Crippen molar-refractivity contribution >= 4 is 10.9 Å². The van der Waals surface area contributed by atoms with Crippen LogP contribution in [0.1, 0.15) is 36.7 Å². The van der Waals surface area contributed by atoms with Crippen LogP contribution in [0.5, 0.6) is 5.75 Å². The minimum Gasteiger partial charge on any atom is -0.496 e. The van der Waals surface area contributed by atoms with Gasteiger partial charge in [0.25, 0.3) is 5.56 Å². The Kier molecular flexibility index (Phi) is 6.12. The van der Waals surface area contributed by atoms with E-state index in [1.54, 1.807) is 11.7 Å². The third kappa shape index (κ3) is 4.36. The molecule has 2 heterocycles. The van der Waals surface area contributed by atoms with E-state index in [2.05, 4.69) is 35.0 Å². The molecule has 1 aliphatic heterocycles. The topological polar surface area (TPSA) is 67.6 Å². The number of para-hydroxylation sites is 2. The van der Waals surface area contributed by atoms with Gasteiger partial charge in [-0.3, -0.25) is 14.3 Å². The van der Waals surface area contributed by atoms with Crippen LogP contribution in [0.25, 0.3) is 10.9 Å². The van der Waals surface area contributed by atoms with Crippen LogP contribution in [0.4, 0.5) is 0 Å². The standard InChI is InChI=1S/C25H31N3O3/c1-4-22-26-21-11-6-5-10-20(21)24(29)28(22)17-25(30)12-14-27(15-13-25)16-19-9-7-8-18(2)23(19)31-3/h5-11,30H,4,12-17H2,1-3H3. The van der Waals surface area contributed by atoms with E-state index in [0.717, 1.165) is 47.9 Å². The van der Waals surface area contributed by atoms with E-state index < -0.39 is 5.60 Å². The summed E-state index contributed by atoms with van der Waals surface area (Å²) >= 11 is 0. The normalized spacial score (nSPS) is 16.5. The van der Waals surface area contributed by atoms with Crippen molar-refractivity contribution in [3.05, 3.63) is 69.8 Å². The Bertz CT molecular complexity index is 1130. The summed E-state index contributed by atoms with van der Waals surface area (Å²) in [5.41, 5.74) is 2.03. The first-order valence-electron chi connectivity index (χ1n) is 11.0. The van der Waals surface area contributed by atoms with Crippen LogP contribution in [0.3, 0.4) is 0 Å². The predicted molar refractivity (Wildman–Crippen MR) is 123 cm³/mol. The molecular formula is C25H31N3O3. The van der Waals surface area contributed by atoms with Crippen LogP contribution < -0.4 is 10.3 Å². The fraction of sp³-hybridized carbons (Fsp3) is 0.440. The maximum Gasteiger partial charge on any atom is 0.261 e. The molecule has 0 unspecified atom stereocenters. The molecule has 164 valence electrons. The van der Waals surface area contributed by atoms with Crippen molar-refractivity contribution in [2.45, 2.75) is 51.8 Å². The second-order valence-corrected chi connectivity index (χ2v) is 8.56. The maximum absolute atomic E-state index is 13.1. The van der Waals surface area contributed by atoms with E-state index in [-0.39, 0.29) is 12.1 Å². The van der Waals surface area contributed by atoms with Crippen molar-refractivity contribution in [3.63, 3.8) is 0 Å². The summed E-state index contributed by atoms with van der Waals surface area (Å²) in [5, 5.41) is 11.9. The fourth-order valence-electron chi connectivity index (χ4n) is 4.60. The Labute approximate surface area is 183 Å². The fourth-order valence-corrected chi connectivity index (χ4v) is 4.60. The molecule has 6 nitrogen and oxygen atoms in total. The lowest BCUT2D eigenvalue weighted by Gasteiger charge is -2.39. The van der Waals surface area contributed by atoms with Gasteiger partial charge in [0, 0.05) is 31.6 Å². The smallest absolute Gasteiger partial charge is 0.261 e. The lowest BCUT2D eigenvalue weighted by Crippen LogP contribution is -2.48. The predicted octanol–water partition coefficient (Wildman–Crippen LogP) is 3.30. The maximum atomic E-state index is 13.1. The van der Waals surface area contributed by atoms with E-state index in [1.807, 2.05) is 31.2 Å². The van der Waals surface area contributed by atoms with Crippen molar-refractivity contribution in [2.75, 3.05) is 20.2 Å². The highest BCUT2D eigenvalue weighted by Gasteiger charge is 2.34. The summed E-state index contributed by atoms with van der Waals surface area (Å²) in [5.74, 6) is 1.66. The van der Waals surface area contributed by atoms with E-state index in [1.165, 1.54) is 0 Å². The molecule has 0 saturated carbocycles. The SMILES string of the molecule is CCc1nc2ccccc2c(=O)n1CC1(O)CCN(Cc2cccc(C)c2OC)CC1. The second-order valence-electron chi connectivity index (χ2n) is 8.56. The van der Waals surface area contributed by atoms with Gasteiger partial charge in [0.05, 0.1) is 30.2 Å². The molecule has 2 aromatic carbocycles. The van der Waals surface area contributed by atoms with Gasteiger partial charge < -0.3 is 9.84 Å². The van der Waals surface area contributed by atoms with Gasteiger partial charge in [-0.1, -0.05) is 37.3 Å². The lowest BCUT2D eigenvalue weighted by atomic mass is 9.90. The lowest BCUT2D eigenvalue weighted by molar-refractivity contribution is -0.0370. The number of methoxy groups -OCH3 is 1. The molecule has 1 aliphatic rings. The zero-order valence-electron chi connectivity index (χ0n) is 18.6. The molecule has 0 aliphatic carbocycles. The number of aromatic nitrogens is 2. The molecule has 1 N–H and O–H groups in total. The van der Waals surface area contributed by atoms with Crippen molar-refractivity contribution in [1.29, 1.82) is 0 Å². The van der Waals surface area contributed by atoms with Gasteiger partial charge in [0.2, 0.25) is 0 Å². The first kappa shape index (κ1) is 21.5. The van der Waals surface area contributed by atoms with Crippen LogP contribution in [0.15, 0.2) is 47.3 Å². The summed E-state index contributed by atoms with van der Waals surface area (Å²) in [6, 6.07) is 13.6. The molecule has 4 rings (SSSR count). The number of benzene rings is 2. The van der Waals surface area contributed by atoms with Crippen molar-refractivity contribution in [2.24, 2.45) is 0 Å². The number of aliphatic hydroxyl groups is 1. The Hall–Kier alpha value is -2.70. The first-order chi connectivity index (χ1) is 14.9. The van der Waals surface area contributed by atoms with Gasteiger partial charge in [-0.2, -0.15) is 0 Å². The van der Waals surface area contributed by atoms with Crippen molar-refractivity contribution in [3.8, 4) is 5.75 Å². The van der Waals surface area contributed by atoms with E-state index in [0.29, 0.717) is 24.6 Å². The molecule has 1 saturated heterocycles. The summed E-state index contributed by atoms with van der Waals surface area (Å²) in [4.78, 5) is 20.1. The summed E-state index contributed by atoms with van der Waals surface area (Å²) < 4.78 is 7.27. The summed E-state index contributed by atoms with van der Waals surface area (Å²) in [6.45, 7) is 6.66. The number of piperidine rings is 1. The molecule has 31 heavy (non-hydrogen) atoms. The number of fused-ring (bicyclic) bond motifs is 1. The van der Waals surface area contributed by atoms with Gasteiger partial charge in [-0.25, -0.2) is 4.98 Å². The van der Waals surface area contributed by atoms with Gasteiger partial charge >= 0.3 is 0 Å². The molecule has 0 amide bonds. The highest BCUT2D eigenvalue weighted by Crippen LogP contribution is 2.29. The molecule has 1 aromatic heterocycles. The summed E-state index contributed by atoms with van der Waals surface area (Å²) in [6.07, 6.45) is 1.88.